The summed E-state index contributed by atoms with van der Waals surface area (Å²) in [4.78, 5) is 21.6. The van der Waals surface area contributed by atoms with Gasteiger partial charge in [-0.3, -0.25) is 4.79 Å². The van der Waals surface area contributed by atoms with Crippen LogP contribution >= 0.6 is 11.3 Å². The maximum atomic E-state index is 12.9. The molecule has 1 aromatic carbocycles. The second-order valence-corrected chi connectivity index (χ2v) is 8.46. The molecule has 2 bridgehead atoms. The summed E-state index contributed by atoms with van der Waals surface area (Å²) in [6.07, 6.45) is 2.35. The van der Waals surface area contributed by atoms with Gasteiger partial charge in [0.1, 0.15) is 9.71 Å². The average molecular weight is 379 g/mol. The molecule has 3 aliphatic heterocycles. The van der Waals surface area contributed by atoms with Gasteiger partial charge < -0.3 is 16.0 Å². The van der Waals surface area contributed by atoms with Crippen LogP contribution in [0.25, 0.3) is 10.2 Å². The first-order valence-corrected chi connectivity index (χ1v) is 10.3. The van der Waals surface area contributed by atoms with Crippen LogP contribution in [0.15, 0.2) is 36.4 Å². The lowest BCUT2D eigenvalue weighted by Gasteiger charge is -2.41. The van der Waals surface area contributed by atoms with Crippen molar-refractivity contribution in [2.75, 3.05) is 23.7 Å². The number of hydrogen-bond donors (Lipinski definition) is 2. The van der Waals surface area contributed by atoms with Gasteiger partial charge in [0.15, 0.2) is 0 Å². The van der Waals surface area contributed by atoms with Crippen LogP contribution in [-0.2, 0) is 0 Å². The summed E-state index contributed by atoms with van der Waals surface area (Å²) < 4.78 is 0. The summed E-state index contributed by atoms with van der Waals surface area (Å²) >= 11 is 1.40. The third-order valence-electron chi connectivity index (χ3n) is 5.81. The van der Waals surface area contributed by atoms with Crippen molar-refractivity contribution in [3.63, 3.8) is 0 Å². The molecular weight excluding hydrogens is 356 g/mol. The molecule has 0 unspecified atom stereocenters. The van der Waals surface area contributed by atoms with Crippen LogP contribution in [0.4, 0.5) is 11.4 Å². The van der Waals surface area contributed by atoms with E-state index in [9.17, 15) is 4.79 Å². The highest BCUT2D eigenvalue weighted by Gasteiger charge is 2.33. The number of amides is 1. The van der Waals surface area contributed by atoms with E-state index in [-0.39, 0.29) is 11.9 Å². The SMILES string of the molecule is C[C@@H](NC(=O)c1sc2nc3c(cc2c1N)N1CCC3CC1)c1ccccc1. The minimum atomic E-state index is -0.131. The Morgan fingerprint density at radius 3 is 2.78 bits per heavy atom. The fourth-order valence-corrected chi connectivity index (χ4v) is 5.24. The zero-order valence-corrected chi connectivity index (χ0v) is 16.1. The third kappa shape index (κ3) is 2.67. The molecule has 1 atom stereocenters. The zero-order valence-electron chi connectivity index (χ0n) is 15.2. The summed E-state index contributed by atoms with van der Waals surface area (Å²) in [6.45, 7) is 4.17. The quantitative estimate of drug-likeness (QED) is 0.721. The Morgan fingerprint density at radius 2 is 2.04 bits per heavy atom. The number of carbonyl (C=O) groups excluding carboxylic acids is 1. The zero-order chi connectivity index (χ0) is 18.5. The van der Waals surface area contributed by atoms with Crippen molar-refractivity contribution < 1.29 is 4.79 Å². The number of benzene rings is 1. The number of piperidine rings is 1. The number of nitrogens with one attached hydrogen (secondary N) is 1. The summed E-state index contributed by atoms with van der Waals surface area (Å²) in [6, 6.07) is 12.0. The molecule has 3 aliphatic rings. The van der Waals surface area contributed by atoms with Crippen molar-refractivity contribution >= 4 is 38.8 Å². The van der Waals surface area contributed by atoms with E-state index in [1.807, 2.05) is 37.3 Å². The lowest BCUT2D eigenvalue weighted by molar-refractivity contribution is 0.0945. The van der Waals surface area contributed by atoms with Crippen LogP contribution in [0.5, 0.6) is 0 Å². The van der Waals surface area contributed by atoms with Gasteiger partial charge in [-0.05, 0) is 31.4 Å². The van der Waals surface area contributed by atoms with Gasteiger partial charge in [0.05, 0.1) is 23.1 Å². The second-order valence-electron chi connectivity index (χ2n) is 7.46. The number of nitrogens with two attached hydrogens (primary N) is 1. The molecule has 5 heterocycles. The number of nitrogen functional groups attached to an aromatic ring is 1. The van der Waals surface area contributed by atoms with E-state index in [2.05, 4.69) is 16.3 Å². The summed E-state index contributed by atoms with van der Waals surface area (Å²) in [5.74, 6) is 0.418. The molecule has 0 aliphatic carbocycles. The molecular formula is C21H22N4OS. The first-order chi connectivity index (χ1) is 13.1. The van der Waals surface area contributed by atoms with Crippen LogP contribution in [0, 0.1) is 0 Å². The van der Waals surface area contributed by atoms with E-state index in [4.69, 9.17) is 10.7 Å². The van der Waals surface area contributed by atoms with E-state index < -0.39 is 0 Å². The maximum Gasteiger partial charge on any atom is 0.264 e. The number of rotatable bonds is 3. The monoisotopic (exact) mass is 378 g/mol. The number of thiophene rings is 1. The third-order valence-corrected chi connectivity index (χ3v) is 6.92. The molecule has 6 heteroatoms. The molecule has 3 aromatic rings. The van der Waals surface area contributed by atoms with Crippen molar-refractivity contribution in [2.45, 2.75) is 31.7 Å². The van der Waals surface area contributed by atoms with Crippen LogP contribution in [-0.4, -0.2) is 24.0 Å². The largest absolute Gasteiger partial charge is 0.397 e. The molecule has 6 rings (SSSR count). The molecule has 27 heavy (non-hydrogen) atoms. The molecule has 2 aromatic heterocycles. The number of aromatic nitrogens is 1. The number of nitrogens with zero attached hydrogens (tertiary/aromatic N) is 2. The molecule has 0 saturated carbocycles. The minimum absolute atomic E-state index is 0.0774. The predicted molar refractivity (Wildman–Crippen MR) is 111 cm³/mol. The van der Waals surface area contributed by atoms with E-state index in [0.29, 0.717) is 16.5 Å². The minimum Gasteiger partial charge on any atom is -0.397 e. The van der Waals surface area contributed by atoms with E-state index in [0.717, 1.165) is 28.9 Å². The first-order valence-electron chi connectivity index (χ1n) is 9.45. The standard InChI is InChI=1S/C21H22N4OS/c1-12(13-5-3-2-4-6-13)23-20(26)19-17(22)15-11-16-18(24-21(15)27-19)14-7-9-25(16)10-8-14/h2-6,11-12,14H,7-10,22H2,1H3,(H,23,26)/t12-/m1/s1. The highest BCUT2D eigenvalue weighted by molar-refractivity contribution is 7.21. The Hall–Kier alpha value is -2.60. The van der Waals surface area contributed by atoms with Gasteiger partial charge in [-0.1, -0.05) is 30.3 Å². The maximum absolute atomic E-state index is 12.9. The fraction of sp³-hybridized carbons (Fsp3) is 0.333. The smallest absolute Gasteiger partial charge is 0.264 e. The average Bonchev–Trinajstić information content (AvgIpc) is 3.04. The van der Waals surface area contributed by atoms with Crippen LogP contribution in [0.2, 0.25) is 0 Å². The predicted octanol–water partition coefficient (Wildman–Crippen LogP) is 4.07. The van der Waals surface area contributed by atoms with Gasteiger partial charge >= 0.3 is 0 Å². The number of fused-ring (bicyclic) bond motifs is 3. The summed E-state index contributed by atoms with van der Waals surface area (Å²) in [7, 11) is 0. The molecule has 3 N–H and O–H groups in total. The molecule has 1 fully saturated rings. The van der Waals surface area contributed by atoms with Crippen molar-refractivity contribution in [3.05, 3.63) is 52.5 Å². The lowest BCUT2D eigenvalue weighted by Crippen LogP contribution is -2.39. The number of carbonyl (C=O) groups is 1. The number of pyridine rings is 1. The van der Waals surface area contributed by atoms with Gasteiger partial charge in [-0.25, -0.2) is 4.98 Å². The Labute approximate surface area is 162 Å². The van der Waals surface area contributed by atoms with E-state index in [1.54, 1.807) is 0 Å². The van der Waals surface area contributed by atoms with Crippen molar-refractivity contribution in [1.82, 2.24) is 10.3 Å². The van der Waals surface area contributed by atoms with Crippen molar-refractivity contribution in [3.8, 4) is 0 Å². The van der Waals surface area contributed by atoms with Gasteiger partial charge in [-0.2, -0.15) is 0 Å². The van der Waals surface area contributed by atoms with Gasteiger partial charge in [-0.15, -0.1) is 11.3 Å². The lowest BCUT2D eigenvalue weighted by atomic mass is 9.86. The van der Waals surface area contributed by atoms with Gasteiger partial charge in [0, 0.05) is 24.4 Å². The fourth-order valence-electron chi connectivity index (χ4n) is 4.25. The second kappa shape index (κ2) is 6.23. The Morgan fingerprint density at radius 1 is 1.30 bits per heavy atom. The highest BCUT2D eigenvalue weighted by atomic mass is 32.1. The number of hydrogen-bond acceptors (Lipinski definition) is 5. The summed E-state index contributed by atoms with van der Waals surface area (Å²) in [5.41, 5.74) is 10.4. The summed E-state index contributed by atoms with van der Waals surface area (Å²) in [5, 5.41) is 3.97. The Balaban J connectivity index is 1.49. The molecule has 1 saturated heterocycles. The molecule has 5 nitrogen and oxygen atoms in total. The molecule has 0 spiro atoms. The topological polar surface area (TPSA) is 71.2 Å². The van der Waals surface area contributed by atoms with E-state index in [1.165, 1.54) is 35.6 Å². The first kappa shape index (κ1) is 16.6. The van der Waals surface area contributed by atoms with E-state index >= 15 is 0 Å². The highest BCUT2D eigenvalue weighted by Crippen LogP contribution is 2.45. The molecule has 1 amide bonds. The van der Waals surface area contributed by atoms with Crippen molar-refractivity contribution in [2.24, 2.45) is 0 Å². The normalized spacial score (nSPS) is 17.1. The van der Waals surface area contributed by atoms with Crippen LogP contribution in [0.1, 0.15) is 52.7 Å². The molecule has 138 valence electrons. The van der Waals surface area contributed by atoms with Crippen LogP contribution < -0.4 is 16.0 Å². The number of anilines is 2. The van der Waals surface area contributed by atoms with Gasteiger partial charge in [0.25, 0.3) is 5.91 Å². The van der Waals surface area contributed by atoms with Gasteiger partial charge in [0.2, 0.25) is 0 Å². The Bertz CT molecular complexity index is 1020. The Kier molecular flexibility index (Phi) is 3.82. The van der Waals surface area contributed by atoms with Crippen LogP contribution in [0.3, 0.4) is 0 Å². The molecule has 0 radical (unpaired) electrons. The van der Waals surface area contributed by atoms with Crippen molar-refractivity contribution in [1.29, 1.82) is 0 Å².